The summed E-state index contributed by atoms with van der Waals surface area (Å²) >= 11 is 0. The highest BCUT2D eigenvalue weighted by Crippen LogP contribution is 2.76. The van der Waals surface area contributed by atoms with Crippen LogP contribution in [0.4, 0.5) is 0 Å². The molecule has 0 aromatic carbocycles. The van der Waals surface area contributed by atoms with Crippen molar-refractivity contribution in [3.8, 4) is 0 Å². The summed E-state index contributed by atoms with van der Waals surface area (Å²) < 4.78 is 68.1. The van der Waals surface area contributed by atoms with E-state index in [1.807, 2.05) is 20.8 Å². The third-order valence-corrected chi connectivity index (χ3v) is 24.5. The molecule has 0 aromatic heterocycles. The molecule has 10 aliphatic rings. The number of aliphatic carboxylic acids is 1. The van der Waals surface area contributed by atoms with Crippen molar-refractivity contribution in [2.75, 3.05) is 19.8 Å². The molecule has 0 amide bonds. The van der Waals surface area contributed by atoms with Crippen molar-refractivity contribution in [1.82, 2.24) is 0 Å². The van der Waals surface area contributed by atoms with Crippen molar-refractivity contribution in [2.45, 2.75) is 305 Å². The van der Waals surface area contributed by atoms with E-state index < -0.39 is 224 Å². The van der Waals surface area contributed by atoms with Crippen molar-refractivity contribution >= 4 is 11.9 Å². The van der Waals surface area contributed by atoms with Gasteiger partial charge in [0, 0.05) is 6.08 Å². The number of hydrogen-bond donors (Lipinski definition) is 16. The summed E-state index contributed by atoms with van der Waals surface area (Å²) in [4.78, 5) is 26.8. The lowest BCUT2D eigenvalue weighted by atomic mass is 9.33. The van der Waals surface area contributed by atoms with Gasteiger partial charge in [-0.3, -0.25) is 0 Å². The molecule has 0 spiro atoms. The Labute approximate surface area is 552 Å². The highest BCUT2D eigenvalue weighted by atomic mass is 16.8. The summed E-state index contributed by atoms with van der Waals surface area (Å²) in [6.07, 6.45) is -39.0. The molecule has 1 unspecified atom stereocenters. The number of carbonyl (C=O) groups excluding carboxylic acids is 1. The zero-order valence-electron chi connectivity index (χ0n) is 55.8. The van der Waals surface area contributed by atoms with E-state index in [4.69, 9.17) is 52.1 Å². The summed E-state index contributed by atoms with van der Waals surface area (Å²) in [7, 11) is 0. The minimum Gasteiger partial charge on any atom is -0.479 e. The van der Waals surface area contributed by atoms with Crippen LogP contribution in [-0.4, -0.2) is 285 Å². The molecule has 10 rings (SSSR count). The molecule has 0 bridgehead atoms. The van der Waals surface area contributed by atoms with Crippen LogP contribution in [0.2, 0.25) is 0 Å². The van der Waals surface area contributed by atoms with Crippen LogP contribution in [0.15, 0.2) is 23.8 Å². The number of rotatable bonds is 18. The predicted molar refractivity (Wildman–Crippen MR) is 324 cm³/mol. The van der Waals surface area contributed by atoms with E-state index in [9.17, 15) is 91.3 Å². The van der Waals surface area contributed by atoms with E-state index in [2.05, 4.69) is 40.7 Å². The highest BCUT2D eigenvalue weighted by Gasteiger charge is 2.72. The molecule has 16 N–H and O–H groups in total. The molecule has 9 fully saturated rings. The fourth-order valence-corrected chi connectivity index (χ4v) is 18.9. The monoisotopic (exact) mass is 1360 g/mol. The molecule has 4 saturated carbocycles. The number of carboxylic acid groups (broad SMARTS) is 1. The molecule has 5 aliphatic heterocycles. The van der Waals surface area contributed by atoms with Crippen molar-refractivity contribution in [1.29, 1.82) is 0 Å². The average Bonchev–Trinajstić information content (AvgIpc) is 0.671. The van der Waals surface area contributed by atoms with Gasteiger partial charge in [-0.1, -0.05) is 79.5 Å². The average molecular weight is 1360 g/mol. The fraction of sp³-hybridized carbons (Fsp3) is 0.909. The van der Waals surface area contributed by atoms with E-state index in [-0.39, 0.29) is 29.8 Å². The molecular weight excluding hydrogens is 1260 g/mol. The number of esters is 1. The number of aliphatic hydroxyl groups is 15. The number of carbonyl (C=O) groups is 2. The van der Waals surface area contributed by atoms with Gasteiger partial charge in [0.2, 0.25) is 0 Å². The first kappa shape index (κ1) is 75.1. The standard InChI is InChI=1S/C66H106O29/c1-11-12-13-14-38(71)89-37-23-61(4,5)21-30-29-15-16-34-63(8)19-18-36(62(6,7)33(63)17-20-64(34,9)65(29,10)22-35(70)66(30,37)26-69)90-60-54(95-57-48(81)44(77)41(74)31(24-67)87-57)50(49(82)51(92-60)55(83)84)91-59-53(46(79)42(75)32(25-68)88-59)94-58-52(45(78)40(73)28(3)86-58)93-56-47(80)43(76)39(72)27(2)85-56/h13-15,27-28,30-37,39-54,56-60,67-70,72-82H,11-12,16-26H2,1-10H3,(H,83,84)/b14-13-/t27-,28-,30-,31+,32+,33?,34+,35+,36-,37-,39-,40-,41+,42-,43+,44-,45+,46-,47+,48+,49-,50-,51-,52+,53+,54+,56-,57-,58-,59-,60+,63-,64+,65+,66-/m0/s1. The van der Waals surface area contributed by atoms with Crippen molar-refractivity contribution in [3.05, 3.63) is 23.8 Å². The van der Waals surface area contributed by atoms with Crippen LogP contribution in [-0.2, 0) is 61.7 Å². The zero-order valence-corrected chi connectivity index (χ0v) is 55.8. The molecule has 29 heteroatoms. The number of ether oxygens (including phenoxy) is 11. The molecule has 95 heavy (non-hydrogen) atoms. The second-order valence-electron chi connectivity index (χ2n) is 30.9. The van der Waals surface area contributed by atoms with Gasteiger partial charge in [-0.25, -0.2) is 9.59 Å². The fourth-order valence-electron chi connectivity index (χ4n) is 18.9. The maximum Gasteiger partial charge on any atom is 0.335 e. The molecule has 0 radical (unpaired) electrons. The number of carboxylic acids is 1. The van der Waals surface area contributed by atoms with Gasteiger partial charge < -0.3 is 134 Å². The van der Waals surface area contributed by atoms with Crippen LogP contribution >= 0.6 is 0 Å². The normalized spacial score (nSPS) is 52.1. The predicted octanol–water partition coefficient (Wildman–Crippen LogP) is -1.74. The zero-order chi connectivity index (χ0) is 69.7. The molecule has 5 saturated heterocycles. The Hall–Kier alpha value is -2.58. The van der Waals surface area contributed by atoms with Gasteiger partial charge in [0.1, 0.15) is 110 Å². The topological polar surface area (TPSA) is 459 Å². The lowest BCUT2D eigenvalue weighted by Gasteiger charge is -2.72. The van der Waals surface area contributed by atoms with Gasteiger partial charge in [0.15, 0.2) is 37.6 Å². The number of hydrogen-bond acceptors (Lipinski definition) is 28. The van der Waals surface area contributed by atoms with Crippen LogP contribution in [0.5, 0.6) is 0 Å². The van der Waals surface area contributed by atoms with E-state index >= 15 is 0 Å². The Morgan fingerprint density at radius 2 is 1.08 bits per heavy atom. The van der Waals surface area contributed by atoms with Crippen LogP contribution in [0.25, 0.3) is 0 Å². The molecular formula is C66H106O29. The third kappa shape index (κ3) is 13.1. The minimum atomic E-state index is -2.34. The van der Waals surface area contributed by atoms with Crippen LogP contribution in [0.3, 0.4) is 0 Å². The third-order valence-electron chi connectivity index (χ3n) is 24.5. The number of allylic oxidation sites excluding steroid dienone is 3. The molecule has 5 heterocycles. The first-order chi connectivity index (χ1) is 44.5. The van der Waals surface area contributed by atoms with E-state index in [0.717, 1.165) is 12.0 Å². The Kier molecular flexibility index (Phi) is 22.4. The first-order valence-electron chi connectivity index (χ1n) is 33.9. The smallest absolute Gasteiger partial charge is 0.335 e. The number of aliphatic hydroxyl groups excluding tert-OH is 15. The lowest BCUT2D eigenvalue weighted by molar-refractivity contribution is -0.412. The van der Waals surface area contributed by atoms with Gasteiger partial charge in [0.25, 0.3) is 0 Å². The van der Waals surface area contributed by atoms with E-state index in [0.29, 0.717) is 57.8 Å². The van der Waals surface area contributed by atoms with Gasteiger partial charge >= 0.3 is 11.9 Å². The quantitative estimate of drug-likeness (QED) is 0.0313. The van der Waals surface area contributed by atoms with Crippen molar-refractivity contribution < 1.29 is 143 Å². The maximum atomic E-state index is 13.4. The number of unbranched alkanes of at least 4 members (excludes halogenated alkanes) is 1. The summed E-state index contributed by atoms with van der Waals surface area (Å²) in [5, 5.41) is 180. The van der Waals surface area contributed by atoms with Crippen LogP contribution in [0, 0.1) is 50.2 Å². The Balaban J connectivity index is 0.970. The lowest BCUT2D eigenvalue weighted by Crippen LogP contribution is -2.70. The molecule has 35 atom stereocenters. The summed E-state index contributed by atoms with van der Waals surface area (Å²) in [5.74, 6) is -2.70. The van der Waals surface area contributed by atoms with Gasteiger partial charge in [-0.2, -0.15) is 0 Å². The summed E-state index contributed by atoms with van der Waals surface area (Å²) in [6, 6.07) is 0. The minimum absolute atomic E-state index is 0.0143. The second kappa shape index (κ2) is 28.3. The summed E-state index contributed by atoms with van der Waals surface area (Å²) in [5.41, 5.74) is -2.58. The van der Waals surface area contributed by atoms with Gasteiger partial charge in [-0.05, 0) is 116 Å². The Morgan fingerprint density at radius 1 is 0.558 bits per heavy atom. The van der Waals surface area contributed by atoms with Crippen LogP contribution in [0.1, 0.15) is 133 Å². The Morgan fingerprint density at radius 3 is 1.69 bits per heavy atom. The van der Waals surface area contributed by atoms with Crippen molar-refractivity contribution in [3.63, 3.8) is 0 Å². The van der Waals surface area contributed by atoms with Crippen LogP contribution < -0.4 is 0 Å². The summed E-state index contributed by atoms with van der Waals surface area (Å²) in [6.45, 7) is 17.5. The highest BCUT2D eigenvalue weighted by molar-refractivity contribution is 5.82. The molecule has 0 aromatic rings. The largest absolute Gasteiger partial charge is 0.479 e. The van der Waals surface area contributed by atoms with Gasteiger partial charge in [0.05, 0.1) is 49.7 Å². The molecule has 5 aliphatic carbocycles. The molecule has 29 nitrogen and oxygen atoms in total. The molecule has 544 valence electrons. The number of fused-ring (bicyclic) bond motifs is 7. The Bertz CT molecular complexity index is 2720. The SMILES string of the molecule is CCC/C=C\C(=O)O[C@H]1CC(C)(C)C[C@H]2C3=CC[C@@H]4[C@@]5(C)CC[C@H](O[C@@H]6O[C@H](C(=O)O)[C@@H](O)[C@H](O[C@@H]7O[C@H](CO)[C@H](O)[C@H](O)[C@H]7O[C@@H]7O[C@@H](C)[C@H](O)[C@@H](O)[C@H]7O[C@@H]7O[C@@H](C)[C@H](O)[C@@H](O)[C@H]7O)[C@H]6O[C@@H]6O[C@H](CO)[C@@H](O)[C@H](O)[C@H]6O)C(C)(C)C5CC[C@@]4(C)[C@]3(C)C[C@@H](O)[C@@]12CO. The van der Waals surface area contributed by atoms with E-state index in [1.54, 1.807) is 6.08 Å². The van der Waals surface area contributed by atoms with E-state index in [1.165, 1.54) is 19.9 Å². The van der Waals surface area contributed by atoms with Gasteiger partial charge in [-0.15, -0.1) is 0 Å². The second-order valence-corrected chi connectivity index (χ2v) is 30.9. The van der Waals surface area contributed by atoms with Crippen molar-refractivity contribution in [2.24, 2.45) is 50.2 Å². The maximum absolute atomic E-state index is 13.4. The first-order valence-corrected chi connectivity index (χ1v) is 33.9.